The Kier molecular flexibility index (Phi) is 8.80. The lowest BCUT2D eigenvalue weighted by molar-refractivity contribution is -0.119. The summed E-state index contributed by atoms with van der Waals surface area (Å²) in [6.07, 6.45) is 3.72. The number of nitrogens with zero attached hydrogens (tertiary/aromatic N) is 2. The van der Waals surface area contributed by atoms with Crippen molar-refractivity contribution in [2.24, 2.45) is 11.7 Å². The lowest BCUT2D eigenvalue weighted by Crippen LogP contribution is -2.50. The second-order valence-corrected chi connectivity index (χ2v) is 9.08. The summed E-state index contributed by atoms with van der Waals surface area (Å²) >= 11 is 0. The third kappa shape index (κ3) is 6.65. The Hall–Kier alpha value is -2.24. The standard InChI is InChI=1S/C21H31N3O4S/c1-3-4-5-6-7-10-18(21(22)25)17-29(26,27)24-15-13-23(14-16-24)19-11-8-9-12-20(19)28-2/h8-9,11-12,18H,3-6,13-17H2,1-2H3,(H2,22,25). The number of anilines is 1. The summed E-state index contributed by atoms with van der Waals surface area (Å²) < 4.78 is 32.4. The number of hydrogen-bond donors (Lipinski definition) is 1. The number of hydrogen-bond acceptors (Lipinski definition) is 5. The van der Waals surface area contributed by atoms with Crippen molar-refractivity contribution in [3.8, 4) is 17.6 Å². The van der Waals surface area contributed by atoms with Gasteiger partial charge in [-0.25, -0.2) is 8.42 Å². The zero-order valence-electron chi connectivity index (χ0n) is 17.3. The van der Waals surface area contributed by atoms with Gasteiger partial charge >= 0.3 is 0 Å². The van der Waals surface area contributed by atoms with Crippen LogP contribution in [0.4, 0.5) is 5.69 Å². The van der Waals surface area contributed by atoms with Crippen LogP contribution in [0.1, 0.15) is 32.6 Å². The number of methoxy groups -OCH3 is 1. The first kappa shape index (κ1) is 23.0. The zero-order valence-corrected chi connectivity index (χ0v) is 18.1. The van der Waals surface area contributed by atoms with Crippen molar-refractivity contribution >= 4 is 21.6 Å². The van der Waals surface area contributed by atoms with Crippen LogP contribution < -0.4 is 15.4 Å². The van der Waals surface area contributed by atoms with E-state index in [1.807, 2.05) is 24.3 Å². The van der Waals surface area contributed by atoms with Gasteiger partial charge < -0.3 is 15.4 Å². The Morgan fingerprint density at radius 2 is 1.90 bits per heavy atom. The molecule has 2 N–H and O–H groups in total. The van der Waals surface area contributed by atoms with Gasteiger partial charge in [0.25, 0.3) is 0 Å². The molecular formula is C21H31N3O4S. The highest BCUT2D eigenvalue weighted by molar-refractivity contribution is 7.89. The average Bonchev–Trinajstić information content (AvgIpc) is 2.72. The van der Waals surface area contributed by atoms with Crippen LogP contribution in [0.5, 0.6) is 5.75 Å². The predicted octanol–water partition coefficient (Wildman–Crippen LogP) is 1.83. The van der Waals surface area contributed by atoms with E-state index >= 15 is 0 Å². The summed E-state index contributed by atoms with van der Waals surface area (Å²) in [4.78, 5) is 13.8. The highest BCUT2D eigenvalue weighted by Crippen LogP contribution is 2.28. The minimum absolute atomic E-state index is 0.343. The molecule has 0 aromatic heterocycles. The van der Waals surface area contributed by atoms with Crippen LogP contribution in [0.25, 0.3) is 0 Å². The Morgan fingerprint density at radius 1 is 1.21 bits per heavy atom. The molecule has 1 atom stereocenters. The molecule has 8 heteroatoms. The highest BCUT2D eigenvalue weighted by atomic mass is 32.2. The molecule has 0 aliphatic carbocycles. The van der Waals surface area contributed by atoms with E-state index in [9.17, 15) is 13.2 Å². The molecular weight excluding hydrogens is 390 g/mol. The number of piperazine rings is 1. The highest BCUT2D eigenvalue weighted by Gasteiger charge is 2.31. The Morgan fingerprint density at radius 3 is 2.52 bits per heavy atom. The molecule has 29 heavy (non-hydrogen) atoms. The van der Waals surface area contributed by atoms with Crippen LogP contribution in [-0.2, 0) is 14.8 Å². The van der Waals surface area contributed by atoms with Crippen LogP contribution in [-0.4, -0.2) is 57.7 Å². The molecule has 1 aliphatic rings. The first-order valence-corrected chi connectivity index (χ1v) is 11.6. The van der Waals surface area contributed by atoms with Crippen molar-refractivity contribution in [3.05, 3.63) is 24.3 Å². The molecule has 1 heterocycles. The van der Waals surface area contributed by atoms with E-state index in [0.717, 1.165) is 30.7 Å². The van der Waals surface area contributed by atoms with Crippen molar-refractivity contribution in [2.45, 2.75) is 32.6 Å². The number of carbonyl (C=O) groups is 1. The number of para-hydroxylation sites is 2. The van der Waals surface area contributed by atoms with Gasteiger partial charge in [0.15, 0.2) is 0 Å². The molecule has 1 aromatic rings. The number of carbonyl (C=O) groups excluding carboxylic acids is 1. The van der Waals surface area contributed by atoms with E-state index in [1.54, 1.807) is 7.11 Å². The van der Waals surface area contributed by atoms with Gasteiger partial charge in [-0.2, -0.15) is 4.31 Å². The SMILES string of the molecule is CCCCCC#CC(CS(=O)(=O)N1CCN(c2ccccc2OC)CC1)C(N)=O. The van der Waals surface area contributed by atoms with E-state index in [2.05, 4.69) is 23.7 Å². The molecule has 1 unspecified atom stereocenters. The van der Waals surface area contributed by atoms with Gasteiger partial charge in [0.05, 0.1) is 18.6 Å². The Bertz CT molecular complexity index is 837. The molecule has 0 spiro atoms. The number of amides is 1. The fourth-order valence-electron chi connectivity index (χ4n) is 3.27. The summed E-state index contributed by atoms with van der Waals surface area (Å²) in [5.41, 5.74) is 6.34. The lowest BCUT2D eigenvalue weighted by atomic mass is 10.1. The van der Waals surface area contributed by atoms with Crippen LogP contribution in [0, 0.1) is 17.8 Å². The second-order valence-electron chi connectivity index (χ2n) is 7.07. The quantitative estimate of drug-likeness (QED) is 0.485. The van der Waals surface area contributed by atoms with E-state index in [-0.39, 0.29) is 5.75 Å². The van der Waals surface area contributed by atoms with E-state index in [1.165, 1.54) is 4.31 Å². The normalized spacial score (nSPS) is 16.0. The predicted molar refractivity (Wildman–Crippen MR) is 115 cm³/mol. The topological polar surface area (TPSA) is 92.9 Å². The molecule has 1 fully saturated rings. The maximum atomic E-state index is 12.8. The summed E-state index contributed by atoms with van der Waals surface area (Å²) in [7, 11) is -2.01. The molecule has 1 amide bonds. The van der Waals surface area contributed by atoms with Gasteiger partial charge in [-0.1, -0.05) is 37.8 Å². The number of primary amides is 1. The van der Waals surface area contributed by atoms with Gasteiger partial charge in [0.1, 0.15) is 11.7 Å². The number of rotatable bonds is 9. The first-order chi connectivity index (χ1) is 13.9. The van der Waals surface area contributed by atoms with Crippen molar-refractivity contribution in [1.82, 2.24) is 4.31 Å². The molecule has 0 bridgehead atoms. The van der Waals surface area contributed by atoms with Crippen molar-refractivity contribution < 1.29 is 17.9 Å². The van der Waals surface area contributed by atoms with Gasteiger partial charge in [-0.3, -0.25) is 4.79 Å². The first-order valence-electron chi connectivity index (χ1n) is 10.0. The fraction of sp³-hybridized carbons (Fsp3) is 0.571. The smallest absolute Gasteiger partial charge is 0.233 e. The van der Waals surface area contributed by atoms with Gasteiger partial charge in [0.2, 0.25) is 15.9 Å². The largest absolute Gasteiger partial charge is 0.495 e. The number of nitrogens with two attached hydrogens (primary N) is 1. The maximum absolute atomic E-state index is 12.8. The van der Waals surface area contributed by atoms with Crippen molar-refractivity contribution in [2.75, 3.05) is 43.9 Å². The van der Waals surface area contributed by atoms with Gasteiger partial charge in [0, 0.05) is 32.6 Å². The molecule has 0 radical (unpaired) electrons. The number of ether oxygens (including phenoxy) is 1. The van der Waals surface area contributed by atoms with Crippen LogP contribution in [0.3, 0.4) is 0 Å². The number of unbranched alkanes of at least 4 members (excludes halogenated alkanes) is 3. The summed E-state index contributed by atoms with van der Waals surface area (Å²) in [6.45, 7) is 3.87. The molecule has 0 saturated carbocycles. The summed E-state index contributed by atoms with van der Waals surface area (Å²) in [5, 5.41) is 0. The van der Waals surface area contributed by atoms with Crippen molar-refractivity contribution in [1.29, 1.82) is 0 Å². The second kappa shape index (κ2) is 11.1. The Balaban J connectivity index is 1.98. The van der Waals surface area contributed by atoms with Crippen LogP contribution in [0.2, 0.25) is 0 Å². The molecule has 160 valence electrons. The third-order valence-corrected chi connectivity index (χ3v) is 6.87. The van der Waals surface area contributed by atoms with E-state index in [0.29, 0.717) is 32.6 Å². The van der Waals surface area contributed by atoms with E-state index < -0.39 is 21.8 Å². The lowest BCUT2D eigenvalue weighted by Gasteiger charge is -2.36. The summed E-state index contributed by atoms with van der Waals surface area (Å²) in [6, 6.07) is 7.67. The van der Waals surface area contributed by atoms with Crippen LogP contribution >= 0.6 is 0 Å². The van der Waals surface area contributed by atoms with E-state index in [4.69, 9.17) is 10.5 Å². The number of benzene rings is 1. The van der Waals surface area contributed by atoms with Gasteiger partial charge in [-0.15, -0.1) is 5.92 Å². The Labute approximate surface area is 174 Å². The zero-order chi connectivity index (χ0) is 21.3. The minimum Gasteiger partial charge on any atom is -0.495 e. The van der Waals surface area contributed by atoms with Gasteiger partial charge in [-0.05, 0) is 18.6 Å². The van der Waals surface area contributed by atoms with Crippen LogP contribution in [0.15, 0.2) is 24.3 Å². The fourth-order valence-corrected chi connectivity index (χ4v) is 4.87. The van der Waals surface area contributed by atoms with Crippen molar-refractivity contribution in [3.63, 3.8) is 0 Å². The minimum atomic E-state index is -3.62. The summed E-state index contributed by atoms with van der Waals surface area (Å²) in [5.74, 6) is 4.41. The average molecular weight is 422 g/mol. The number of sulfonamides is 1. The molecule has 1 saturated heterocycles. The maximum Gasteiger partial charge on any atom is 0.233 e. The molecule has 7 nitrogen and oxygen atoms in total. The molecule has 2 rings (SSSR count). The molecule has 1 aromatic carbocycles. The third-order valence-electron chi connectivity index (χ3n) is 4.96. The monoisotopic (exact) mass is 421 g/mol. The molecule has 1 aliphatic heterocycles.